The SMILES string of the molecule is CCN[C@@H]1CC[C@@H](C(F)(F)F)C[C@H]1N(C)C. The fraction of sp³-hybridized carbons (Fsp3) is 1.00. The first-order valence-electron chi connectivity index (χ1n) is 5.82. The van der Waals surface area contributed by atoms with E-state index in [-0.39, 0.29) is 24.9 Å². The lowest BCUT2D eigenvalue weighted by molar-refractivity contribution is -0.187. The molecule has 1 N–H and O–H groups in total. The molecular weight excluding hydrogens is 217 g/mol. The predicted octanol–water partition coefficient (Wildman–Crippen LogP) is 2.26. The number of halogens is 3. The van der Waals surface area contributed by atoms with Crippen LogP contribution in [0, 0.1) is 5.92 Å². The van der Waals surface area contributed by atoms with Crippen LogP contribution >= 0.6 is 0 Å². The van der Waals surface area contributed by atoms with E-state index in [0.29, 0.717) is 6.42 Å². The molecular formula is C11H21F3N2. The maximum Gasteiger partial charge on any atom is 0.391 e. The van der Waals surface area contributed by atoms with Crippen molar-refractivity contribution in [3.8, 4) is 0 Å². The summed E-state index contributed by atoms with van der Waals surface area (Å²) < 4.78 is 38.0. The number of alkyl halides is 3. The fourth-order valence-corrected chi connectivity index (χ4v) is 2.52. The van der Waals surface area contributed by atoms with E-state index in [0.717, 1.165) is 6.54 Å². The average Bonchev–Trinajstić information content (AvgIpc) is 2.16. The van der Waals surface area contributed by atoms with Crippen molar-refractivity contribution in [2.24, 2.45) is 5.92 Å². The molecule has 1 aliphatic carbocycles. The van der Waals surface area contributed by atoms with E-state index in [4.69, 9.17) is 0 Å². The van der Waals surface area contributed by atoms with Gasteiger partial charge in [-0.05, 0) is 39.9 Å². The highest BCUT2D eigenvalue weighted by Gasteiger charge is 2.45. The molecule has 0 amide bonds. The zero-order chi connectivity index (χ0) is 12.3. The van der Waals surface area contributed by atoms with Gasteiger partial charge in [-0.1, -0.05) is 6.92 Å². The number of nitrogens with one attached hydrogen (secondary N) is 1. The number of hydrogen-bond donors (Lipinski definition) is 1. The van der Waals surface area contributed by atoms with Gasteiger partial charge in [0, 0.05) is 12.1 Å². The van der Waals surface area contributed by atoms with Crippen molar-refractivity contribution < 1.29 is 13.2 Å². The highest BCUT2D eigenvalue weighted by Crippen LogP contribution is 2.38. The van der Waals surface area contributed by atoms with Crippen molar-refractivity contribution in [2.75, 3.05) is 20.6 Å². The van der Waals surface area contributed by atoms with Crippen LogP contribution in [0.25, 0.3) is 0 Å². The number of hydrogen-bond acceptors (Lipinski definition) is 2. The summed E-state index contributed by atoms with van der Waals surface area (Å²) in [6.07, 6.45) is -2.95. The molecule has 1 aliphatic rings. The van der Waals surface area contributed by atoms with Gasteiger partial charge in [-0.3, -0.25) is 0 Å². The highest BCUT2D eigenvalue weighted by atomic mass is 19.4. The Morgan fingerprint density at radius 3 is 2.31 bits per heavy atom. The highest BCUT2D eigenvalue weighted by molar-refractivity contribution is 4.91. The smallest absolute Gasteiger partial charge is 0.313 e. The lowest BCUT2D eigenvalue weighted by atomic mass is 9.81. The molecule has 96 valence electrons. The van der Waals surface area contributed by atoms with E-state index in [1.165, 1.54) is 0 Å². The first-order chi connectivity index (χ1) is 7.36. The monoisotopic (exact) mass is 238 g/mol. The van der Waals surface area contributed by atoms with Gasteiger partial charge in [0.2, 0.25) is 0 Å². The third-order valence-corrected chi connectivity index (χ3v) is 3.41. The first-order valence-corrected chi connectivity index (χ1v) is 5.82. The minimum Gasteiger partial charge on any atom is -0.313 e. The minimum atomic E-state index is -4.04. The van der Waals surface area contributed by atoms with Crippen molar-refractivity contribution in [2.45, 2.75) is 44.4 Å². The molecule has 0 unspecified atom stereocenters. The standard InChI is InChI=1S/C11H21F3N2/c1-4-15-9-6-5-8(11(12,13)14)7-10(9)16(2)3/h8-10,15H,4-7H2,1-3H3/t8-,9-,10-/m1/s1. The molecule has 5 heteroatoms. The zero-order valence-corrected chi connectivity index (χ0v) is 10.1. The number of rotatable bonds is 3. The quantitative estimate of drug-likeness (QED) is 0.811. The topological polar surface area (TPSA) is 15.3 Å². The van der Waals surface area contributed by atoms with Gasteiger partial charge in [0.05, 0.1) is 5.92 Å². The minimum absolute atomic E-state index is 0.0136. The summed E-state index contributed by atoms with van der Waals surface area (Å²) in [5, 5.41) is 3.28. The third kappa shape index (κ3) is 3.35. The molecule has 0 heterocycles. The normalized spacial score (nSPS) is 32.1. The van der Waals surface area contributed by atoms with Crippen molar-refractivity contribution in [3.63, 3.8) is 0 Å². The van der Waals surface area contributed by atoms with Gasteiger partial charge in [0.15, 0.2) is 0 Å². The molecule has 0 bridgehead atoms. The summed E-state index contributed by atoms with van der Waals surface area (Å²) in [6.45, 7) is 2.80. The van der Waals surface area contributed by atoms with Gasteiger partial charge in [0.1, 0.15) is 0 Å². The Hall–Kier alpha value is -0.290. The average molecular weight is 238 g/mol. The van der Waals surface area contributed by atoms with Crippen LogP contribution in [0.4, 0.5) is 13.2 Å². The summed E-state index contributed by atoms with van der Waals surface area (Å²) in [4.78, 5) is 1.91. The van der Waals surface area contributed by atoms with E-state index in [1.54, 1.807) is 0 Å². The van der Waals surface area contributed by atoms with Gasteiger partial charge in [-0.2, -0.15) is 13.2 Å². The van der Waals surface area contributed by atoms with Crippen molar-refractivity contribution in [1.82, 2.24) is 10.2 Å². The van der Waals surface area contributed by atoms with Gasteiger partial charge in [0.25, 0.3) is 0 Å². The second kappa shape index (κ2) is 5.36. The van der Waals surface area contributed by atoms with Crippen LogP contribution in [0.1, 0.15) is 26.2 Å². The lowest BCUT2D eigenvalue weighted by Gasteiger charge is -2.40. The molecule has 3 atom stereocenters. The van der Waals surface area contributed by atoms with Gasteiger partial charge < -0.3 is 10.2 Å². The van der Waals surface area contributed by atoms with Gasteiger partial charge >= 0.3 is 6.18 Å². The van der Waals surface area contributed by atoms with Crippen LogP contribution in [0.2, 0.25) is 0 Å². The Bertz CT molecular complexity index is 216. The molecule has 1 saturated carbocycles. The molecule has 0 saturated heterocycles. The summed E-state index contributed by atoms with van der Waals surface area (Å²) in [7, 11) is 3.71. The maximum atomic E-state index is 12.7. The van der Waals surface area contributed by atoms with Gasteiger partial charge in [-0.15, -0.1) is 0 Å². The molecule has 16 heavy (non-hydrogen) atoms. The van der Waals surface area contributed by atoms with E-state index < -0.39 is 12.1 Å². The van der Waals surface area contributed by atoms with Crippen LogP contribution in [0.5, 0.6) is 0 Å². The van der Waals surface area contributed by atoms with Crippen molar-refractivity contribution >= 4 is 0 Å². The van der Waals surface area contributed by atoms with Crippen molar-refractivity contribution in [3.05, 3.63) is 0 Å². The number of likely N-dealkylation sites (N-methyl/N-ethyl adjacent to an activating group) is 2. The fourth-order valence-electron chi connectivity index (χ4n) is 2.52. The van der Waals surface area contributed by atoms with Crippen LogP contribution in [0.3, 0.4) is 0 Å². The van der Waals surface area contributed by atoms with Crippen LogP contribution in [-0.4, -0.2) is 43.8 Å². The second-order valence-electron chi connectivity index (χ2n) is 4.75. The first kappa shape index (κ1) is 13.8. The Labute approximate surface area is 95.2 Å². The van der Waals surface area contributed by atoms with E-state index in [2.05, 4.69) is 5.32 Å². The lowest BCUT2D eigenvalue weighted by Crippen LogP contribution is -2.52. The molecule has 0 aromatic heterocycles. The maximum absolute atomic E-state index is 12.7. The molecule has 0 aromatic carbocycles. The third-order valence-electron chi connectivity index (χ3n) is 3.41. The summed E-state index contributed by atoms with van der Waals surface area (Å²) >= 11 is 0. The van der Waals surface area contributed by atoms with Gasteiger partial charge in [-0.25, -0.2) is 0 Å². The Morgan fingerprint density at radius 2 is 1.88 bits per heavy atom. The van der Waals surface area contributed by atoms with Crippen molar-refractivity contribution in [1.29, 1.82) is 0 Å². The van der Waals surface area contributed by atoms with Crippen LogP contribution < -0.4 is 5.32 Å². The zero-order valence-electron chi connectivity index (χ0n) is 10.1. The molecule has 1 fully saturated rings. The van der Waals surface area contributed by atoms with E-state index in [1.807, 2.05) is 25.9 Å². The molecule has 0 aliphatic heterocycles. The van der Waals surface area contributed by atoms with Crippen LogP contribution in [0.15, 0.2) is 0 Å². The Morgan fingerprint density at radius 1 is 1.25 bits per heavy atom. The van der Waals surface area contributed by atoms with E-state index in [9.17, 15) is 13.2 Å². The molecule has 2 nitrogen and oxygen atoms in total. The molecule has 0 radical (unpaired) electrons. The summed E-state index contributed by atoms with van der Waals surface area (Å²) in [5.74, 6) is -1.13. The molecule has 1 rings (SSSR count). The number of nitrogens with zero attached hydrogens (tertiary/aromatic N) is 1. The predicted molar refractivity (Wildman–Crippen MR) is 58.3 cm³/mol. The van der Waals surface area contributed by atoms with Crippen LogP contribution in [-0.2, 0) is 0 Å². The molecule has 0 spiro atoms. The summed E-state index contributed by atoms with van der Waals surface area (Å²) in [5.41, 5.74) is 0. The largest absolute Gasteiger partial charge is 0.391 e. The van der Waals surface area contributed by atoms with E-state index >= 15 is 0 Å². The Balaban J connectivity index is 2.65. The second-order valence-corrected chi connectivity index (χ2v) is 4.75. The molecule has 0 aromatic rings. The summed E-state index contributed by atoms with van der Waals surface area (Å²) in [6, 6.07) is 0.180. The Kier molecular flexibility index (Phi) is 4.62.